The van der Waals surface area contributed by atoms with E-state index in [1.807, 2.05) is 30.3 Å². The third-order valence-electron chi connectivity index (χ3n) is 7.35. The fourth-order valence-electron chi connectivity index (χ4n) is 4.83. The van der Waals surface area contributed by atoms with E-state index in [0.717, 1.165) is 22.3 Å². The summed E-state index contributed by atoms with van der Waals surface area (Å²) in [6, 6.07) is 18.2. The second-order valence-corrected chi connectivity index (χ2v) is 10.7. The molecule has 1 aliphatic rings. The summed E-state index contributed by atoms with van der Waals surface area (Å²) in [6.07, 6.45) is 2.42. The first-order valence-electron chi connectivity index (χ1n) is 15.0. The summed E-state index contributed by atoms with van der Waals surface area (Å²) in [4.78, 5) is 35.5. The first-order valence-corrected chi connectivity index (χ1v) is 15.0. The van der Waals surface area contributed by atoms with E-state index in [-0.39, 0.29) is 24.7 Å². The van der Waals surface area contributed by atoms with Crippen LogP contribution >= 0.6 is 0 Å². The molecule has 1 N–H and O–H groups in total. The average Bonchev–Trinajstić information content (AvgIpc) is 3.34. The van der Waals surface area contributed by atoms with Gasteiger partial charge < -0.3 is 28.8 Å². The number of aliphatic hydroxyl groups excluding tert-OH is 1. The second kappa shape index (κ2) is 16.4. The molecule has 0 aromatic heterocycles. The summed E-state index contributed by atoms with van der Waals surface area (Å²) in [5.41, 5.74) is 4.71. The van der Waals surface area contributed by atoms with E-state index >= 15 is 0 Å². The lowest BCUT2D eigenvalue weighted by Gasteiger charge is -2.11. The number of esters is 3. The van der Waals surface area contributed by atoms with Crippen LogP contribution in [0.3, 0.4) is 0 Å². The van der Waals surface area contributed by atoms with E-state index in [2.05, 4.69) is 20.1 Å². The molecule has 242 valence electrons. The van der Waals surface area contributed by atoms with Gasteiger partial charge >= 0.3 is 17.9 Å². The number of unbranched alkanes of at least 4 members (excludes halogenated alkanes) is 2. The number of fused-ring (bicyclic) bond motifs is 3. The molecule has 0 heterocycles. The highest BCUT2D eigenvalue weighted by Crippen LogP contribution is 2.46. The molecule has 46 heavy (non-hydrogen) atoms. The zero-order valence-corrected chi connectivity index (χ0v) is 25.7. The Labute approximate surface area is 267 Å². The van der Waals surface area contributed by atoms with Gasteiger partial charge in [-0.3, -0.25) is 0 Å². The van der Waals surface area contributed by atoms with Gasteiger partial charge in [-0.1, -0.05) is 32.2 Å². The van der Waals surface area contributed by atoms with E-state index in [4.69, 9.17) is 28.8 Å². The minimum absolute atomic E-state index is 0.0208. The Hall–Kier alpha value is -4.96. The van der Waals surface area contributed by atoms with E-state index in [0.29, 0.717) is 61.7 Å². The van der Waals surface area contributed by atoms with E-state index in [9.17, 15) is 18.8 Å². The van der Waals surface area contributed by atoms with Gasteiger partial charge in [0, 0.05) is 5.92 Å². The minimum Gasteiger partial charge on any atom is -0.494 e. The molecular formula is C36H37FO9. The summed E-state index contributed by atoms with van der Waals surface area (Å²) in [5.74, 6) is -1.47. The summed E-state index contributed by atoms with van der Waals surface area (Å²) in [5, 5.41) is 8.87. The zero-order valence-electron chi connectivity index (χ0n) is 25.7. The van der Waals surface area contributed by atoms with Gasteiger partial charge in [-0.25, -0.2) is 14.4 Å². The Balaban J connectivity index is 1.23. The van der Waals surface area contributed by atoms with Crippen molar-refractivity contribution in [2.45, 2.75) is 38.5 Å². The summed E-state index contributed by atoms with van der Waals surface area (Å²) < 4.78 is 39.6. The Kier molecular flexibility index (Phi) is 12.1. The molecule has 0 spiro atoms. The van der Waals surface area contributed by atoms with Gasteiger partial charge in [0.1, 0.15) is 17.2 Å². The van der Waals surface area contributed by atoms with Crippen molar-refractivity contribution in [2.24, 2.45) is 0 Å². The molecule has 1 unspecified atom stereocenters. The van der Waals surface area contributed by atoms with Crippen molar-refractivity contribution in [3.63, 3.8) is 0 Å². The molecule has 0 saturated heterocycles. The number of carbonyl (C=O) groups is 3. The van der Waals surface area contributed by atoms with Gasteiger partial charge in [-0.15, -0.1) is 0 Å². The fourth-order valence-corrected chi connectivity index (χ4v) is 4.83. The molecule has 4 rings (SSSR count). The topological polar surface area (TPSA) is 118 Å². The van der Waals surface area contributed by atoms with Crippen LogP contribution in [0.15, 0.2) is 85.2 Å². The van der Waals surface area contributed by atoms with Crippen molar-refractivity contribution in [1.29, 1.82) is 0 Å². The Bertz CT molecular complexity index is 1580. The largest absolute Gasteiger partial charge is 0.494 e. The van der Waals surface area contributed by atoms with Crippen LogP contribution in [0.1, 0.15) is 60.0 Å². The smallest absolute Gasteiger partial charge is 0.366 e. The molecule has 0 amide bonds. The summed E-state index contributed by atoms with van der Waals surface area (Å²) in [6.45, 7) is 9.11. The lowest BCUT2D eigenvalue weighted by Crippen LogP contribution is -2.11. The van der Waals surface area contributed by atoms with Crippen molar-refractivity contribution in [3.8, 4) is 28.4 Å². The van der Waals surface area contributed by atoms with Crippen molar-refractivity contribution in [3.05, 3.63) is 102 Å². The molecule has 0 fully saturated rings. The second-order valence-electron chi connectivity index (χ2n) is 10.7. The molecule has 9 nitrogen and oxygen atoms in total. The van der Waals surface area contributed by atoms with Crippen LogP contribution in [0.25, 0.3) is 11.1 Å². The molecular weight excluding hydrogens is 595 g/mol. The number of hydrogen-bond donors (Lipinski definition) is 1. The molecule has 0 radical (unpaired) electrons. The highest BCUT2D eigenvalue weighted by molar-refractivity contribution is 5.93. The van der Waals surface area contributed by atoms with Gasteiger partial charge in [0.2, 0.25) is 5.83 Å². The third-order valence-corrected chi connectivity index (χ3v) is 7.35. The van der Waals surface area contributed by atoms with Gasteiger partial charge in [0.05, 0.1) is 44.2 Å². The maximum absolute atomic E-state index is 13.0. The highest BCUT2D eigenvalue weighted by atomic mass is 19.1. The van der Waals surface area contributed by atoms with Crippen LogP contribution in [-0.2, 0) is 19.1 Å². The maximum Gasteiger partial charge on any atom is 0.366 e. The van der Waals surface area contributed by atoms with Crippen molar-refractivity contribution in [2.75, 3.05) is 33.0 Å². The lowest BCUT2D eigenvalue weighted by molar-refractivity contribution is -0.141. The van der Waals surface area contributed by atoms with Crippen LogP contribution in [-0.4, -0.2) is 56.0 Å². The van der Waals surface area contributed by atoms with Crippen LogP contribution in [0.4, 0.5) is 4.39 Å². The number of carbonyl (C=O) groups excluding carboxylic acids is 3. The van der Waals surface area contributed by atoms with Crippen LogP contribution in [0, 0.1) is 0 Å². The standard InChI is InChI=1S/C36H37FO9/c1-23(22-38)34(39)44-18-6-4-16-42-27-9-11-28(12-10-27)46-36(41)26-8-14-30-31-15-13-29(21-33(31)24(2)32(30)20-26)43-17-5-7-19-45-35(40)25(3)37/h8-15,20-21,24,38H,1,3-7,16-19,22H2,2H3. The van der Waals surface area contributed by atoms with E-state index < -0.39 is 30.3 Å². The molecule has 10 heteroatoms. The van der Waals surface area contributed by atoms with Gasteiger partial charge in [-0.05, 0) is 96.5 Å². The predicted molar refractivity (Wildman–Crippen MR) is 169 cm³/mol. The number of halogens is 1. The van der Waals surface area contributed by atoms with Crippen molar-refractivity contribution >= 4 is 17.9 Å². The van der Waals surface area contributed by atoms with Gasteiger partial charge in [0.25, 0.3) is 0 Å². The van der Waals surface area contributed by atoms with Gasteiger partial charge in [-0.2, -0.15) is 4.39 Å². The normalized spacial score (nSPS) is 12.8. The lowest BCUT2D eigenvalue weighted by atomic mass is 9.98. The number of aliphatic hydroxyl groups is 1. The quantitative estimate of drug-likeness (QED) is 0.0773. The third kappa shape index (κ3) is 9.04. The number of rotatable bonds is 17. The highest BCUT2D eigenvalue weighted by Gasteiger charge is 2.27. The Morgan fingerprint density at radius 3 is 1.87 bits per heavy atom. The first kappa shape index (κ1) is 33.9. The molecule has 0 bridgehead atoms. The molecule has 0 saturated carbocycles. The van der Waals surface area contributed by atoms with Gasteiger partial charge in [0.15, 0.2) is 0 Å². The summed E-state index contributed by atoms with van der Waals surface area (Å²) in [7, 11) is 0. The number of ether oxygens (including phenoxy) is 5. The van der Waals surface area contributed by atoms with Crippen LogP contribution < -0.4 is 14.2 Å². The predicted octanol–water partition coefficient (Wildman–Crippen LogP) is 6.47. The monoisotopic (exact) mass is 632 g/mol. The number of benzene rings is 3. The average molecular weight is 633 g/mol. The number of hydrogen-bond acceptors (Lipinski definition) is 9. The van der Waals surface area contributed by atoms with Crippen LogP contribution in [0.5, 0.6) is 17.2 Å². The molecule has 3 aromatic rings. The van der Waals surface area contributed by atoms with Crippen LogP contribution in [0.2, 0.25) is 0 Å². The molecule has 0 aliphatic heterocycles. The Morgan fingerprint density at radius 1 is 0.717 bits per heavy atom. The SMILES string of the molecule is C=C(F)C(=O)OCCCCOc1ccc2c(c1)C(C)c1cc(C(=O)Oc3ccc(OCCCCOC(=O)C(=C)CO)cc3)ccc1-2. The molecule has 3 aromatic carbocycles. The first-order chi connectivity index (χ1) is 22.2. The fraction of sp³-hybridized carbons (Fsp3) is 0.306. The minimum atomic E-state index is -1.11. The molecule has 1 atom stereocenters. The molecule has 1 aliphatic carbocycles. The van der Waals surface area contributed by atoms with Crippen molar-refractivity contribution in [1.82, 2.24) is 0 Å². The Morgan fingerprint density at radius 2 is 1.24 bits per heavy atom. The summed E-state index contributed by atoms with van der Waals surface area (Å²) >= 11 is 0. The van der Waals surface area contributed by atoms with Crippen molar-refractivity contribution < 1.29 is 47.6 Å². The van der Waals surface area contributed by atoms with E-state index in [1.165, 1.54) is 0 Å². The maximum atomic E-state index is 13.0. The zero-order chi connectivity index (χ0) is 33.1. The van der Waals surface area contributed by atoms with E-state index in [1.54, 1.807) is 30.3 Å².